The van der Waals surface area contributed by atoms with E-state index in [1.165, 1.54) is 4.90 Å². The Morgan fingerprint density at radius 2 is 0.909 bits per heavy atom. The van der Waals surface area contributed by atoms with Crippen LogP contribution in [0.25, 0.3) is 88.0 Å². The van der Waals surface area contributed by atoms with Gasteiger partial charge in [-0.3, -0.25) is 0 Å². The van der Waals surface area contributed by atoms with Gasteiger partial charge < -0.3 is 13.7 Å². The molecule has 9 aromatic carbocycles. The Morgan fingerprint density at radius 1 is 0.345 bits per heavy atom. The minimum atomic E-state index is -0.452. The summed E-state index contributed by atoms with van der Waals surface area (Å²) < 4.78 is 89.6. The number of furan rings is 2. The fraction of sp³-hybridized carbons (Fsp3) is 0. The zero-order valence-corrected chi connectivity index (χ0v) is 29.2. The van der Waals surface area contributed by atoms with Gasteiger partial charge in [0.05, 0.1) is 16.7 Å². The largest absolute Gasteiger partial charge is 0.455 e. The molecule has 55 heavy (non-hydrogen) atoms. The molecule has 0 atom stereocenters. The molecule has 0 aliphatic rings. The molecule has 0 N–H and O–H groups in total. The highest BCUT2D eigenvalue weighted by Crippen LogP contribution is 2.46. The summed E-state index contributed by atoms with van der Waals surface area (Å²) in [6.45, 7) is 0. The van der Waals surface area contributed by atoms with Crippen LogP contribution in [0.4, 0.5) is 17.1 Å². The molecular weight excluding hydrogens is 671 g/mol. The zero-order valence-electron chi connectivity index (χ0n) is 37.2. The number of hydrogen-bond donors (Lipinski definition) is 0. The van der Waals surface area contributed by atoms with Crippen molar-refractivity contribution in [3.05, 3.63) is 200 Å². The Labute approximate surface area is 329 Å². The first kappa shape index (κ1) is 24.1. The predicted molar refractivity (Wildman–Crippen MR) is 229 cm³/mol. The fourth-order valence-corrected chi connectivity index (χ4v) is 7.65. The Kier molecular flexibility index (Phi) is 5.53. The molecule has 11 rings (SSSR count). The molecule has 2 aromatic heterocycles. The van der Waals surface area contributed by atoms with Crippen LogP contribution in [0, 0.1) is 0 Å². The fourth-order valence-electron chi connectivity index (χ4n) is 7.65. The van der Waals surface area contributed by atoms with Gasteiger partial charge in [-0.25, -0.2) is 0 Å². The van der Waals surface area contributed by atoms with Gasteiger partial charge >= 0.3 is 0 Å². The van der Waals surface area contributed by atoms with E-state index in [-0.39, 0.29) is 52.4 Å². The molecule has 0 bridgehead atoms. The van der Waals surface area contributed by atoms with E-state index in [1.807, 2.05) is 91.0 Å². The summed E-state index contributed by atoms with van der Waals surface area (Å²) in [5, 5.41) is 5.32. The average Bonchev–Trinajstić information content (AvgIpc) is 3.90. The van der Waals surface area contributed by atoms with E-state index in [0.717, 1.165) is 32.3 Å². The molecule has 0 saturated carbocycles. The monoisotopic (exact) mass is 711 g/mol. The van der Waals surface area contributed by atoms with Gasteiger partial charge in [0, 0.05) is 55.0 Å². The maximum Gasteiger partial charge on any atom is 0.143 e. The highest BCUT2D eigenvalue weighted by atomic mass is 16.3. The lowest BCUT2D eigenvalue weighted by molar-refractivity contribution is 0.670. The van der Waals surface area contributed by atoms with Crippen LogP contribution in [0.1, 0.15) is 11.0 Å². The second kappa shape index (κ2) is 12.6. The highest BCUT2D eigenvalue weighted by molar-refractivity contribution is 6.17. The molecule has 3 nitrogen and oxygen atoms in total. The van der Waals surface area contributed by atoms with Gasteiger partial charge in [-0.2, -0.15) is 0 Å². The van der Waals surface area contributed by atoms with Crippen LogP contribution >= 0.6 is 0 Å². The summed E-state index contributed by atoms with van der Waals surface area (Å²) in [6, 6.07) is 43.5. The Morgan fingerprint density at radius 3 is 1.71 bits per heavy atom. The SMILES string of the molecule is [2H]c1c([2H])c(N(c2ccccc2-c2cccc3c2oc2c4ccccc4ccc32)c2c([2H])c([2H])c(-c3cccc4c3oc3ccccc34)c([2H])c2[2H])c([2H])c([2H])c1-c1ccccc1. The topological polar surface area (TPSA) is 29.5 Å². The van der Waals surface area contributed by atoms with E-state index in [0.29, 0.717) is 44.6 Å². The minimum absolute atomic E-state index is 0.0184. The van der Waals surface area contributed by atoms with Crippen molar-refractivity contribution in [1.29, 1.82) is 0 Å². The standard InChI is InChI=1S/C52H33NO2/c1-2-12-34(13-3-1)35-24-29-38(30-25-35)53(39-31-26-37(27-32-39)41-18-10-20-45-43-17-7-9-23-49(43)54-50(41)45)48-22-8-6-16-42(48)44-19-11-21-46-47-33-28-36-14-4-5-15-40(36)51(47)55-52(44)46/h1-33H/i24D,25D,26D,27D,29D,30D,31D,32D. The lowest BCUT2D eigenvalue weighted by Crippen LogP contribution is -2.11. The van der Waals surface area contributed by atoms with E-state index < -0.39 is 24.2 Å². The minimum Gasteiger partial charge on any atom is -0.455 e. The Balaban J connectivity index is 1.21. The van der Waals surface area contributed by atoms with Crippen LogP contribution < -0.4 is 4.90 Å². The normalized spacial score (nSPS) is 13.7. The van der Waals surface area contributed by atoms with Crippen molar-refractivity contribution in [2.75, 3.05) is 4.90 Å². The zero-order chi connectivity index (χ0) is 43.3. The van der Waals surface area contributed by atoms with E-state index in [1.54, 1.807) is 54.6 Å². The van der Waals surface area contributed by atoms with Gasteiger partial charge in [0.2, 0.25) is 0 Å². The van der Waals surface area contributed by atoms with Gasteiger partial charge in [-0.15, -0.1) is 0 Å². The smallest absolute Gasteiger partial charge is 0.143 e. The number of fused-ring (bicyclic) bond motifs is 8. The first-order chi connectivity index (χ1) is 30.6. The van der Waals surface area contributed by atoms with Gasteiger partial charge in [-0.1, -0.05) is 158 Å². The molecule has 0 fully saturated rings. The molecule has 11 aromatic rings. The Bertz CT molecular complexity index is 3630. The molecule has 258 valence electrons. The van der Waals surface area contributed by atoms with Gasteiger partial charge in [-0.05, 0) is 64.4 Å². The van der Waals surface area contributed by atoms with Crippen LogP contribution in [0.15, 0.2) is 209 Å². The number of para-hydroxylation sites is 4. The molecular formula is C52H33NO2. The summed E-state index contributed by atoms with van der Waals surface area (Å²) in [5.41, 5.74) is 4.22. The number of nitrogens with zero attached hydrogens (tertiary/aromatic N) is 1. The van der Waals surface area contributed by atoms with Crippen LogP contribution in [-0.4, -0.2) is 0 Å². The first-order valence-electron chi connectivity index (χ1n) is 22.0. The summed E-state index contributed by atoms with van der Waals surface area (Å²) in [5.74, 6) is 0. The van der Waals surface area contributed by atoms with Crippen molar-refractivity contribution in [1.82, 2.24) is 0 Å². The number of benzene rings is 9. The van der Waals surface area contributed by atoms with Crippen molar-refractivity contribution >= 4 is 71.7 Å². The van der Waals surface area contributed by atoms with E-state index in [9.17, 15) is 11.0 Å². The van der Waals surface area contributed by atoms with E-state index >= 15 is 0 Å². The van der Waals surface area contributed by atoms with Crippen LogP contribution in [0.5, 0.6) is 0 Å². The number of hydrogen-bond acceptors (Lipinski definition) is 3. The van der Waals surface area contributed by atoms with Crippen LogP contribution in [-0.2, 0) is 0 Å². The summed E-state index contributed by atoms with van der Waals surface area (Å²) >= 11 is 0. The van der Waals surface area contributed by atoms with Crippen molar-refractivity contribution in [2.24, 2.45) is 0 Å². The molecule has 0 aliphatic carbocycles. The maximum absolute atomic E-state index is 9.75. The second-order valence-corrected chi connectivity index (χ2v) is 13.4. The van der Waals surface area contributed by atoms with Crippen molar-refractivity contribution in [3.63, 3.8) is 0 Å². The highest BCUT2D eigenvalue weighted by Gasteiger charge is 2.21. The third kappa shape index (κ3) is 5.13. The Hall–Kier alpha value is -7.36. The van der Waals surface area contributed by atoms with Crippen molar-refractivity contribution < 1.29 is 19.8 Å². The predicted octanol–water partition coefficient (Wildman–Crippen LogP) is 15.1. The molecule has 2 heterocycles. The third-order valence-electron chi connectivity index (χ3n) is 10.2. The van der Waals surface area contributed by atoms with Gasteiger partial charge in [0.15, 0.2) is 0 Å². The van der Waals surface area contributed by atoms with Crippen molar-refractivity contribution in [3.8, 4) is 33.4 Å². The quantitative estimate of drug-likeness (QED) is 0.172. The lowest BCUT2D eigenvalue weighted by atomic mass is 9.98. The number of rotatable bonds is 6. The average molecular weight is 712 g/mol. The van der Waals surface area contributed by atoms with Gasteiger partial charge in [0.1, 0.15) is 22.3 Å². The number of anilines is 3. The molecule has 0 saturated heterocycles. The van der Waals surface area contributed by atoms with E-state index in [2.05, 4.69) is 6.07 Å². The van der Waals surface area contributed by atoms with Crippen LogP contribution in [0.3, 0.4) is 0 Å². The maximum atomic E-state index is 9.75. The summed E-state index contributed by atoms with van der Waals surface area (Å²) in [7, 11) is 0. The molecule has 0 unspecified atom stereocenters. The van der Waals surface area contributed by atoms with Gasteiger partial charge in [0.25, 0.3) is 0 Å². The van der Waals surface area contributed by atoms with Crippen LogP contribution in [0.2, 0.25) is 0 Å². The molecule has 0 spiro atoms. The lowest BCUT2D eigenvalue weighted by Gasteiger charge is -2.28. The summed E-state index contributed by atoms with van der Waals surface area (Å²) in [4.78, 5) is 1.36. The van der Waals surface area contributed by atoms with Crippen molar-refractivity contribution in [2.45, 2.75) is 0 Å². The van der Waals surface area contributed by atoms with E-state index in [4.69, 9.17) is 8.83 Å². The molecule has 0 radical (unpaired) electrons. The summed E-state index contributed by atoms with van der Waals surface area (Å²) in [6.07, 6.45) is 0. The third-order valence-corrected chi connectivity index (χ3v) is 10.2. The molecule has 0 amide bonds. The molecule has 0 aliphatic heterocycles. The molecule has 3 heteroatoms. The first-order valence-corrected chi connectivity index (χ1v) is 18.0. The second-order valence-electron chi connectivity index (χ2n) is 13.4.